The fraction of sp³-hybridized carbons (Fsp3) is 0.526. The third kappa shape index (κ3) is 3.88. The van der Waals surface area contributed by atoms with E-state index in [9.17, 15) is 14.4 Å². The third-order valence-corrected chi connectivity index (χ3v) is 5.39. The summed E-state index contributed by atoms with van der Waals surface area (Å²) in [6.07, 6.45) is 1.75. The molecule has 3 rings (SSSR count). The Hall–Kier alpha value is -2.41. The maximum atomic E-state index is 12.7. The lowest BCUT2D eigenvalue weighted by molar-refractivity contribution is -0.149. The molecule has 0 unspecified atom stereocenters. The molecular formula is C19H25N3O4. The lowest BCUT2D eigenvalue weighted by Crippen LogP contribution is -2.53. The van der Waals surface area contributed by atoms with Gasteiger partial charge in [-0.05, 0) is 30.4 Å². The van der Waals surface area contributed by atoms with Gasteiger partial charge in [-0.3, -0.25) is 19.3 Å². The number of nitrogens with two attached hydrogens (primary N) is 1. The zero-order valence-corrected chi connectivity index (χ0v) is 15.0. The Labute approximate surface area is 153 Å². The number of hydrogen-bond donors (Lipinski definition) is 1. The first-order valence-electron chi connectivity index (χ1n) is 8.95. The second-order valence-electron chi connectivity index (χ2n) is 6.97. The van der Waals surface area contributed by atoms with Crippen molar-refractivity contribution in [3.8, 4) is 0 Å². The van der Waals surface area contributed by atoms with Gasteiger partial charge in [0.05, 0.1) is 25.6 Å². The Bertz CT molecular complexity index is 698. The SMILES string of the molecule is COC(=O)C1CCN(C(=O)CN2Cc3ccccc3C[C@@H]2C(N)=O)CC1. The Morgan fingerprint density at radius 3 is 2.42 bits per heavy atom. The van der Waals surface area contributed by atoms with Crippen molar-refractivity contribution >= 4 is 17.8 Å². The number of likely N-dealkylation sites (tertiary alicyclic amines) is 1. The van der Waals surface area contributed by atoms with E-state index in [-0.39, 0.29) is 24.3 Å². The molecule has 7 heteroatoms. The average Bonchev–Trinajstić information content (AvgIpc) is 2.66. The summed E-state index contributed by atoms with van der Waals surface area (Å²) in [6.45, 7) is 1.76. The summed E-state index contributed by atoms with van der Waals surface area (Å²) >= 11 is 0. The summed E-state index contributed by atoms with van der Waals surface area (Å²) in [5, 5.41) is 0. The highest BCUT2D eigenvalue weighted by Crippen LogP contribution is 2.24. The monoisotopic (exact) mass is 359 g/mol. The Kier molecular flexibility index (Phi) is 5.56. The first-order chi connectivity index (χ1) is 12.5. The number of benzene rings is 1. The van der Waals surface area contributed by atoms with Crippen molar-refractivity contribution in [1.82, 2.24) is 9.80 Å². The number of amides is 2. The summed E-state index contributed by atoms with van der Waals surface area (Å²) in [5.41, 5.74) is 7.82. The largest absolute Gasteiger partial charge is 0.469 e. The van der Waals surface area contributed by atoms with Gasteiger partial charge in [0, 0.05) is 19.6 Å². The van der Waals surface area contributed by atoms with E-state index < -0.39 is 11.9 Å². The van der Waals surface area contributed by atoms with Gasteiger partial charge in [0.2, 0.25) is 11.8 Å². The van der Waals surface area contributed by atoms with Gasteiger partial charge in [-0.15, -0.1) is 0 Å². The van der Waals surface area contributed by atoms with Gasteiger partial charge in [-0.1, -0.05) is 24.3 Å². The van der Waals surface area contributed by atoms with Gasteiger partial charge in [-0.2, -0.15) is 0 Å². The van der Waals surface area contributed by atoms with Gasteiger partial charge >= 0.3 is 5.97 Å². The number of methoxy groups -OCH3 is 1. The molecule has 1 fully saturated rings. The number of hydrogen-bond acceptors (Lipinski definition) is 5. The predicted octanol–water partition coefficient (Wildman–Crippen LogP) is 0.310. The van der Waals surface area contributed by atoms with Crippen LogP contribution >= 0.6 is 0 Å². The molecule has 1 aromatic rings. The smallest absolute Gasteiger partial charge is 0.308 e. The predicted molar refractivity (Wildman–Crippen MR) is 94.9 cm³/mol. The summed E-state index contributed by atoms with van der Waals surface area (Å²) in [5.74, 6) is -0.779. The Morgan fingerprint density at radius 2 is 1.81 bits per heavy atom. The first kappa shape index (κ1) is 18.4. The van der Waals surface area contributed by atoms with Crippen molar-refractivity contribution in [1.29, 1.82) is 0 Å². The molecule has 0 bridgehead atoms. The summed E-state index contributed by atoms with van der Waals surface area (Å²) in [4.78, 5) is 39.8. The van der Waals surface area contributed by atoms with Crippen LogP contribution in [-0.4, -0.2) is 60.4 Å². The maximum absolute atomic E-state index is 12.7. The quantitative estimate of drug-likeness (QED) is 0.781. The highest BCUT2D eigenvalue weighted by atomic mass is 16.5. The zero-order valence-electron chi connectivity index (χ0n) is 15.0. The van der Waals surface area contributed by atoms with Gasteiger partial charge in [-0.25, -0.2) is 0 Å². The van der Waals surface area contributed by atoms with Crippen LogP contribution in [0.5, 0.6) is 0 Å². The molecule has 0 spiro atoms. The molecule has 0 aliphatic carbocycles. The fourth-order valence-corrected chi connectivity index (χ4v) is 3.83. The topological polar surface area (TPSA) is 92.9 Å². The number of carbonyl (C=O) groups is 3. The first-order valence-corrected chi connectivity index (χ1v) is 8.95. The van der Waals surface area contributed by atoms with Crippen LogP contribution in [0.3, 0.4) is 0 Å². The van der Waals surface area contributed by atoms with E-state index in [0.29, 0.717) is 38.9 Å². The minimum Gasteiger partial charge on any atom is -0.469 e. The number of primary amides is 1. The number of piperidine rings is 1. The standard InChI is InChI=1S/C19H25N3O4/c1-26-19(25)13-6-8-21(9-7-13)17(23)12-22-11-15-5-3-2-4-14(15)10-16(22)18(20)24/h2-5,13,16H,6-12H2,1H3,(H2,20,24)/t16-/m1/s1. The van der Waals surface area contributed by atoms with Crippen molar-refractivity contribution in [3.05, 3.63) is 35.4 Å². The van der Waals surface area contributed by atoms with Crippen molar-refractivity contribution in [2.45, 2.75) is 31.8 Å². The van der Waals surface area contributed by atoms with Crippen molar-refractivity contribution in [2.75, 3.05) is 26.7 Å². The normalized spacial score (nSPS) is 21.1. The fourth-order valence-electron chi connectivity index (χ4n) is 3.83. The van der Waals surface area contributed by atoms with Crippen LogP contribution in [0.2, 0.25) is 0 Å². The van der Waals surface area contributed by atoms with E-state index >= 15 is 0 Å². The minimum absolute atomic E-state index is 0.0288. The van der Waals surface area contributed by atoms with Gasteiger partial charge in [0.25, 0.3) is 0 Å². The Morgan fingerprint density at radius 1 is 1.15 bits per heavy atom. The molecule has 2 heterocycles. The number of nitrogens with zero attached hydrogens (tertiary/aromatic N) is 2. The third-order valence-electron chi connectivity index (χ3n) is 5.39. The van der Waals surface area contributed by atoms with Crippen molar-refractivity contribution in [3.63, 3.8) is 0 Å². The van der Waals surface area contributed by atoms with Crippen LogP contribution in [0, 0.1) is 5.92 Å². The molecule has 2 amide bonds. The van der Waals surface area contributed by atoms with Crippen molar-refractivity contribution in [2.24, 2.45) is 11.7 Å². The molecule has 0 aromatic heterocycles. The molecule has 2 aliphatic rings. The molecule has 1 aromatic carbocycles. The van der Waals surface area contributed by atoms with E-state index in [1.807, 2.05) is 29.2 Å². The summed E-state index contributed by atoms with van der Waals surface area (Å²) in [6, 6.07) is 7.46. The molecule has 2 aliphatic heterocycles. The number of esters is 1. The number of rotatable bonds is 4. The van der Waals surface area contributed by atoms with E-state index in [1.165, 1.54) is 7.11 Å². The number of fused-ring (bicyclic) bond motifs is 1. The molecule has 1 atom stereocenters. The lowest BCUT2D eigenvalue weighted by Gasteiger charge is -2.37. The molecule has 0 radical (unpaired) electrons. The minimum atomic E-state index is -0.471. The second kappa shape index (κ2) is 7.86. The van der Waals surface area contributed by atoms with Crippen LogP contribution in [0.4, 0.5) is 0 Å². The molecule has 7 nitrogen and oxygen atoms in total. The number of ether oxygens (including phenoxy) is 1. The van der Waals surface area contributed by atoms with Crippen LogP contribution in [-0.2, 0) is 32.1 Å². The van der Waals surface area contributed by atoms with Crippen LogP contribution in [0.25, 0.3) is 0 Å². The molecule has 26 heavy (non-hydrogen) atoms. The van der Waals surface area contributed by atoms with Crippen LogP contribution < -0.4 is 5.73 Å². The molecular weight excluding hydrogens is 334 g/mol. The van der Waals surface area contributed by atoms with Gasteiger partial charge < -0.3 is 15.4 Å². The van der Waals surface area contributed by atoms with Crippen LogP contribution in [0.1, 0.15) is 24.0 Å². The average molecular weight is 359 g/mol. The molecule has 2 N–H and O–H groups in total. The lowest BCUT2D eigenvalue weighted by atomic mass is 9.93. The number of carbonyl (C=O) groups excluding carboxylic acids is 3. The van der Waals surface area contributed by atoms with E-state index in [4.69, 9.17) is 10.5 Å². The Balaban J connectivity index is 1.63. The second-order valence-corrected chi connectivity index (χ2v) is 6.97. The molecule has 1 saturated heterocycles. The van der Waals surface area contributed by atoms with Gasteiger partial charge in [0.1, 0.15) is 0 Å². The van der Waals surface area contributed by atoms with Crippen molar-refractivity contribution < 1.29 is 19.1 Å². The van der Waals surface area contributed by atoms with E-state index in [2.05, 4.69) is 0 Å². The highest BCUT2D eigenvalue weighted by Gasteiger charge is 2.33. The van der Waals surface area contributed by atoms with Crippen LogP contribution in [0.15, 0.2) is 24.3 Å². The maximum Gasteiger partial charge on any atom is 0.308 e. The van der Waals surface area contributed by atoms with E-state index in [1.54, 1.807) is 4.90 Å². The molecule has 140 valence electrons. The zero-order chi connectivity index (χ0) is 18.7. The van der Waals surface area contributed by atoms with Gasteiger partial charge in [0.15, 0.2) is 0 Å². The highest BCUT2D eigenvalue weighted by molar-refractivity contribution is 5.83. The molecule has 0 saturated carbocycles. The van der Waals surface area contributed by atoms with E-state index in [0.717, 1.165) is 11.1 Å². The summed E-state index contributed by atoms with van der Waals surface area (Å²) < 4.78 is 4.78. The summed E-state index contributed by atoms with van der Waals surface area (Å²) in [7, 11) is 1.39.